The molecule has 2 nitrogen and oxygen atoms in total. The Morgan fingerprint density at radius 2 is 2.21 bits per heavy atom. The van der Waals surface area contributed by atoms with Gasteiger partial charge in [0.05, 0.1) is 6.54 Å². The maximum atomic E-state index is 4.54. The summed E-state index contributed by atoms with van der Waals surface area (Å²) in [5.74, 6) is 2.62. The molecule has 2 rings (SSSR count). The molecule has 0 amide bonds. The van der Waals surface area contributed by atoms with Gasteiger partial charge in [0.25, 0.3) is 0 Å². The van der Waals surface area contributed by atoms with Crippen molar-refractivity contribution < 1.29 is 0 Å². The van der Waals surface area contributed by atoms with Gasteiger partial charge in [-0.3, -0.25) is 4.99 Å². The molecular formula is C10H18N2S2. The number of thioether (sulfide) groups is 2. The van der Waals surface area contributed by atoms with Crippen LogP contribution in [0.25, 0.3) is 0 Å². The zero-order chi connectivity index (χ0) is 9.80. The minimum Gasteiger partial charge on any atom is -0.362 e. The number of aliphatic imine (C=N–C) groups is 1. The molecule has 1 fully saturated rings. The van der Waals surface area contributed by atoms with Crippen molar-refractivity contribution in [2.24, 2.45) is 4.99 Å². The molecule has 0 radical (unpaired) electrons. The van der Waals surface area contributed by atoms with E-state index in [1.807, 2.05) is 11.8 Å². The average Bonchev–Trinajstić information content (AvgIpc) is 2.67. The highest BCUT2D eigenvalue weighted by molar-refractivity contribution is 8.14. The summed E-state index contributed by atoms with van der Waals surface area (Å²) in [6, 6.07) is 0.693. The zero-order valence-corrected chi connectivity index (χ0v) is 10.3. The molecule has 0 aromatic heterocycles. The van der Waals surface area contributed by atoms with Crippen molar-refractivity contribution in [1.29, 1.82) is 0 Å². The summed E-state index contributed by atoms with van der Waals surface area (Å²) in [5, 5.41) is 5.52. The van der Waals surface area contributed by atoms with Gasteiger partial charge < -0.3 is 5.32 Å². The minimum atomic E-state index is 0.693. The molecule has 1 saturated heterocycles. The lowest BCUT2D eigenvalue weighted by molar-refractivity contribution is 0.570. The summed E-state index contributed by atoms with van der Waals surface area (Å²) in [6.45, 7) is 3.26. The molecule has 0 saturated carbocycles. The molecule has 4 heteroatoms. The van der Waals surface area contributed by atoms with E-state index in [1.54, 1.807) is 0 Å². The largest absolute Gasteiger partial charge is 0.362 e. The molecule has 2 heterocycles. The number of nitrogens with one attached hydrogen (secondary N) is 1. The molecule has 1 N–H and O–H groups in total. The van der Waals surface area contributed by atoms with E-state index in [-0.39, 0.29) is 0 Å². The molecule has 0 aromatic carbocycles. The molecule has 80 valence electrons. The molecule has 0 spiro atoms. The van der Waals surface area contributed by atoms with Crippen molar-refractivity contribution in [2.75, 3.05) is 18.1 Å². The maximum absolute atomic E-state index is 4.54. The topological polar surface area (TPSA) is 24.4 Å². The molecule has 2 aliphatic heterocycles. The van der Waals surface area contributed by atoms with Crippen LogP contribution in [0.4, 0.5) is 0 Å². The summed E-state index contributed by atoms with van der Waals surface area (Å²) in [4.78, 5) is 4.54. The molecule has 0 bridgehead atoms. The number of nitrogens with zero attached hydrogens (tertiary/aromatic N) is 1. The van der Waals surface area contributed by atoms with E-state index in [0.717, 1.165) is 11.8 Å². The van der Waals surface area contributed by atoms with E-state index in [2.05, 4.69) is 29.0 Å². The zero-order valence-electron chi connectivity index (χ0n) is 8.66. The molecule has 0 aromatic rings. The van der Waals surface area contributed by atoms with Gasteiger partial charge in [-0.25, -0.2) is 0 Å². The Morgan fingerprint density at radius 3 is 2.86 bits per heavy atom. The second-order valence-corrected chi connectivity index (χ2v) is 6.34. The van der Waals surface area contributed by atoms with Crippen LogP contribution in [0.1, 0.15) is 26.2 Å². The fourth-order valence-electron chi connectivity index (χ4n) is 1.73. The van der Waals surface area contributed by atoms with Crippen LogP contribution in [0.2, 0.25) is 0 Å². The lowest BCUT2D eigenvalue weighted by Crippen LogP contribution is -2.35. The van der Waals surface area contributed by atoms with Crippen LogP contribution in [0.15, 0.2) is 4.99 Å². The molecule has 0 aliphatic carbocycles. The van der Waals surface area contributed by atoms with Crippen LogP contribution in [0.3, 0.4) is 0 Å². The lowest BCUT2D eigenvalue weighted by Gasteiger charge is -2.23. The SMILES string of the molecule is CCC1CN=C(NC2CCSCC2)S1. The van der Waals surface area contributed by atoms with E-state index in [1.165, 1.54) is 35.9 Å². The normalized spacial score (nSPS) is 28.9. The Labute approximate surface area is 94.7 Å². The average molecular weight is 230 g/mol. The highest BCUT2D eigenvalue weighted by atomic mass is 32.2. The Bertz CT molecular complexity index is 212. The van der Waals surface area contributed by atoms with Gasteiger partial charge in [0.2, 0.25) is 0 Å². The lowest BCUT2D eigenvalue weighted by atomic mass is 10.2. The van der Waals surface area contributed by atoms with E-state index in [4.69, 9.17) is 0 Å². The van der Waals surface area contributed by atoms with Gasteiger partial charge in [-0.2, -0.15) is 11.8 Å². The van der Waals surface area contributed by atoms with E-state index in [9.17, 15) is 0 Å². The molecule has 2 aliphatic rings. The van der Waals surface area contributed by atoms with Crippen LogP contribution in [0.5, 0.6) is 0 Å². The molecule has 1 unspecified atom stereocenters. The summed E-state index contributed by atoms with van der Waals surface area (Å²) >= 11 is 4.01. The summed E-state index contributed by atoms with van der Waals surface area (Å²) in [6.07, 6.45) is 3.85. The summed E-state index contributed by atoms with van der Waals surface area (Å²) in [5.41, 5.74) is 0. The van der Waals surface area contributed by atoms with Crippen LogP contribution in [-0.4, -0.2) is 34.5 Å². The van der Waals surface area contributed by atoms with Gasteiger partial charge in [0.1, 0.15) is 0 Å². The minimum absolute atomic E-state index is 0.693. The van der Waals surface area contributed by atoms with Gasteiger partial charge in [0.15, 0.2) is 5.17 Å². The fourth-order valence-corrected chi connectivity index (χ4v) is 3.85. The molecular weight excluding hydrogens is 212 g/mol. The second-order valence-electron chi connectivity index (χ2n) is 3.82. The summed E-state index contributed by atoms with van der Waals surface area (Å²) < 4.78 is 0. The van der Waals surface area contributed by atoms with Crippen molar-refractivity contribution in [3.8, 4) is 0 Å². The molecule has 14 heavy (non-hydrogen) atoms. The maximum Gasteiger partial charge on any atom is 0.157 e. The number of hydrogen-bond donors (Lipinski definition) is 1. The van der Waals surface area contributed by atoms with Crippen molar-refractivity contribution in [1.82, 2.24) is 5.32 Å². The third-order valence-electron chi connectivity index (χ3n) is 2.72. The second kappa shape index (κ2) is 5.31. The highest BCUT2D eigenvalue weighted by Gasteiger charge is 2.21. The quantitative estimate of drug-likeness (QED) is 0.788. The van der Waals surface area contributed by atoms with Crippen LogP contribution >= 0.6 is 23.5 Å². The van der Waals surface area contributed by atoms with Gasteiger partial charge in [-0.1, -0.05) is 18.7 Å². The monoisotopic (exact) mass is 230 g/mol. The van der Waals surface area contributed by atoms with Gasteiger partial charge >= 0.3 is 0 Å². The van der Waals surface area contributed by atoms with Gasteiger partial charge in [0, 0.05) is 11.3 Å². The number of hydrogen-bond acceptors (Lipinski definition) is 4. The van der Waals surface area contributed by atoms with Crippen molar-refractivity contribution >= 4 is 28.7 Å². The fraction of sp³-hybridized carbons (Fsp3) is 0.900. The Hall–Kier alpha value is 0.170. The van der Waals surface area contributed by atoms with E-state index < -0.39 is 0 Å². The highest BCUT2D eigenvalue weighted by Crippen LogP contribution is 2.24. The van der Waals surface area contributed by atoms with Gasteiger partial charge in [-0.05, 0) is 30.8 Å². The number of rotatable bonds is 2. The Balaban J connectivity index is 1.75. The molecule has 1 atom stereocenters. The predicted octanol–water partition coefficient (Wildman–Crippen LogP) is 2.35. The van der Waals surface area contributed by atoms with Crippen molar-refractivity contribution in [3.05, 3.63) is 0 Å². The van der Waals surface area contributed by atoms with Crippen LogP contribution in [0, 0.1) is 0 Å². The smallest absolute Gasteiger partial charge is 0.157 e. The van der Waals surface area contributed by atoms with E-state index in [0.29, 0.717) is 6.04 Å². The Kier molecular flexibility index (Phi) is 4.05. The first kappa shape index (κ1) is 10.7. The van der Waals surface area contributed by atoms with Crippen LogP contribution in [-0.2, 0) is 0 Å². The van der Waals surface area contributed by atoms with Gasteiger partial charge in [-0.15, -0.1) is 0 Å². The number of amidine groups is 1. The Morgan fingerprint density at radius 1 is 1.43 bits per heavy atom. The third-order valence-corrected chi connectivity index (χ3v) is 5.06. The van der Waals surface area contributed by atoms with Crippen LogP contribution < -0.4 is 5.32 Å². The first-order valence-electron chi connectivity index (χ1n) is 5.44. The first-order valence-corrected chi connectivity index (χ1v) is 7.47. The van der Waals surface area contributed by atoms with Crippen molar-refractivity contribution in [3.63, 3.8) is 0 Å². The summed E-state index contributed by atoms with van der Waals surface area (Å²) in [7, 11) is 0. The standard InChI is InChI=1S/C10H18N2S2/c1-2-9-7-11-10(14-9)12-8-3-5-13-6-4-8/h8-9H,2-7H2,1H3,(H,11,12). The predicted molar refractivity (Wildman–Crippen MR) is 67.5 cm³/mol. The third kappa shape index (κ3) is 2.83. The van der Waals surface area contributed by atoms with E-state index >= 15 is 0 Å². The van der Waals surface area contributed by atoms with Crippen molar-refractivity contribution in [2.45, 2.75) is 37.5 Å². The first-order chi connectivity index (χ1) is 6.88.